The molecule has 0 amide bonds. The summed E-state index contributed by atoms with van der Waals surface area (Å²) in [6.07, 6.45) is 6.92. The van der Waals surface area contributed by atoms with E-state index in [0.29, 0.717) is 0 Å². The molecule has 14 heavy (non-hydrogen) atoms. The molecule has 0 radical (unpaired) electrons. The fraction of sp³-hybridized carbons (Fsp3) is 0.231. The molecule has 0 saturated heterocycles. The van der Waals surface area contributed by atoms with Gasteiger partial charge in [-0.25, -0.2) is 0 Å². The van der Waals surface area contributed by atoms with E-state index in [2.05, 4.69) is 18.2 Å². The molecular weight excluding hydrogens is 172 g/mol. The lowest BCUT2D eigenvalue weighted by Crippen LogP contribution is -1.85. The van der Waals surface area contributed by atoms with E-state index in [1.54, 1.807) is 7.11 Å². The number of ether oxygens (including phenoxy) is 1. The van der Waals surface area contributed by atoms with Crippen LogP contribution in [0.25, 0.3) is 0 Å². The molecule has 0 unspecified atom stereocenters. The van der Waals surface area contributed by atoms with E-state index in [1.165, 1.54) is 5.56 Å². The van der Waals surface area contributed by atoms with Crippen molar-refractivity contribution in [1.29, 1.82) is 0 Å². The van der Waals surface area contributed by atoms with Crippen LogP contribution in [0.15, 0.2) is 54.3 Å². The van der Waals surface area contributed by atoms with Crippen LogP contribution in [-0.2, 0) is 11.2 Å². The molecule has 0 fully saturated rings. The second kappa shape index (κ2) is 6.03. The molecule has 0 saturated carbocycles. The SMILES string of the molecule is C/C=C/C(=C/Cc1ccccc1)OC. The molecule has 1 aromatic carbocycles. The number of hydrogen-bond donors (Lipinski definition) is 0. The molecule has 1 heteroatoms. The quantitative estimate of drug-likeness (QED) is 0.520. The van der Waals surface area contributed by atoms with Crippen LogP contribution in [0.1, 0.15) is 12.5 Å². The van der Waals surface area contributed by atoms with E-state index < -0.39 is 0 Å². The molecule has 1 nitrogen and oxygen atoms in total. The first kappa shape index (κ1) is 10.6. The molecule has 0 aliphatic rings. The summed E-state index contributed by atoms with van der Waals surface area (Å²) in [6.45, 7) is 1.98. The topological polar surface area (TPSA) is 9.23 Å². The average Bonchev–Trinajstić information content (AvgIpc) is 2.25. The summed E-state index contributed by atoms with van der Waals surface area (Å²) in [5.41, 5.74) is 1.30. The van der Waals surface area contributed by atoms with Crippen LogP contribution in [-0.4, -0.2) is 7.11 Å². The van der Waals surface area contributed by atoms with E-state index in [4.69, 9.17) is 4.74 Å². The number of hydrogen-bond acceptors (Lipinski definition) is 1. The maximum Gasteiger partial charge on any atom is 0.114 e. The average molecular weight is 188 g/mol. The van der Waals surface area contributed by atoms with Gasteiger partial charge in [-0.3, -0.25) is 0 Å². The highest BCUT2D eigenvalue weighted by Gasteiger charge is 1.90. The Kier molecular flexibility index (Phi) is 4.56. The van der Waals surface area contributed by atoms with Crippen LogP contribution in [0, 0.1) is 0 Å². The summed E-state index contributed by atoms with van der Waals surface area (Å²) >= 11 is 0. The normalized spacial score (nSPS) is 12.0. The fourth-order valence-electron chi connectivity index (χ4n) is 1.22. The smallest absolute Gasteiger partial charge is 0.114 e. The minimum absolute atomic E-state index is 0.911. The Bertz CT molecular complexity index is 309. The third kappa shape index (κ3) is 3.48. The number of benzene rings is 1. The Morgan fingerprint density at radius 1 is 1.29 bits per heavy atom. The zero-order valence-corrected chi connectivity index (χ0v) is 8.73. The van der Waals surface area contributed by atoms with Crippen molar-refractivity contribution in [2.45, 2.75) is 13.3 Å². The van der Waals surface area contributed by atoms with E-state index in [9.17, 15) is 0 Å². The molecule has 0 N–H and O–H groups in total. The van der Waals surface area contributed by atoms with Crippen LogP contribution < -0.4 is 0 Å². The van der Waals surface area contributed by atoms with E-state index >= 15 is 0 Å². The van der Waals surface area contributed by atoms with Crippen molar-refractivity contribution in [1.82, 2.24) is 0 Å². The molecule has 0 bridgehead atoms. The lowest BCUT2D eigenvalue weighted by atomic mass is 10.1. The molecule has 0 aliphatic heterocycles. The summed E-state index contributed by atoms with van der Waals surface area (Å²) in [6, 6.07) is 10.3. The minimum Gasteiger partial charge on any atom is -0.497 e. The molecule has 0 heterocycles. The minimum atomic E-state index is 0.911. The van der Waals surface area contributed by atoms with Crippen LogP contribution >= 0.6 is 0 Å². The van der Waals surface area contributed by atoms with Crippen molar-refractivity contribution in [2.24, 2.45) is 0 Å². The van der Waals surface area contributed by atoms with Gasteiger partial charge >= 0.3 is 0 Å². The lowest BCUT2D eigenvalue weighted by molar-refractivity contribution is 0.305. The first-order valence-corrected chi connectivity index (χ1v) is 4.77. The van der Waals surface area contributed by atoms with Crippen LogP contribution in [0.4, 0.5) is 0 Å². The fourth-order valence-corrected chi connectivity index (χ4v) is 1.22. The zero-order valence-electron chi connectivity index (χ0n) is 8.73. The van der Waals surface area contributed by atoms with Crippen molar-refractivity contribution in [3.63, 3.8) is 0 Å². The van der Waals surface area contributed by atoms with Gasteiger partial charge in [0.1, 0.15) is 5.76 Å². The largest absolute Gasteiger partial charge is 0.497 e. The highest BCUT2D eigenvalue weighted by molar-refractivity contribution is 5.20. The Morgan fingerprint density at radius 2 is 2.00 bits per heavy atom. The van der Waals surface area contributed by atoms with Crippen LogP contribution in [0.2, 0.25) is 0 Å². The standard InChI is InChI=1S/C13H16O/c1-3-7-13(14-2)11-10-12-8-5-4-6-9-12/h3-9,11H,10H2,1-2H3/b7-3+,13-11-. The molecule has 0 spiro atoms. The van der Waals surface area contributed by atoms with Crippen molar-refractivity contribution in [2.75, 3.05) is 7.11 Å². The first-order chi connectivity index (χ1) is 6.86. The molecule has 0 aromatic heterocycles. The van der Waals surface area contributed by atoms with Crippen molar-refractivity contribution >= 4 is 0 Å². The van der Waals surface area contributed by atoms with Gasteiger partial charge in [-0.05, 0) is 31.1 Å². The third-order valence-electron chi connectivity index (χ3n) is 1.95. The number of methoxy groups -OCH3 is 1. The summed E-state index contributed by atoms with van der Waals surface area (Å²) in [7, 11) is 1.69. The van der Waals surface area contributed by atoms with Crippen molar-refractivity contribution in [3.05, 3.63) is 59.9 Å². The number of allylic oxidation sites excluding steroid dienone is 3. The van der Waals surface area contributed by atoms with Crippen LogP contribution in [0.3, 0.4) is 0 Å². The van der Waals surface area contributed by atoms with E-state index in [0.717, 1.165) is 12.2 Å². The van der Waals surface area contributed by atoms with Gasteiger partial charge in [0.25, 0.3) is 0 Å². The van der Waals surface area contributed by atoms with E-state index in [-0.39, 0.29) is 0 Å². The lowest BCUT2D eigenvalue weighted by Gasteiger charge is -2.00. The summed E-state index contributed by atoms with van der Waals surface area (Å²) in [5.74, 6) is 0.913. The Balaban J connectivity index is 2.61. The molecular formula is C13H16O. The molecule has 0 atom stereocenters. The van der Waals surface area contributed by atoms with Gasteiger partial charge in [-0.1, -0.05) is 36.4 Å². The second-order valence-corrected chi connectivity index (χ2v) is 3.00. The second-order valence-electron chi connectivity index (χ2n) is 3.00. The maximum absolute atomic E-state index is 5.19. The summed E-state index contributed by atoms with van der Waals surface area (Å²) in [5, 5.41) is 0. The molecule has 0 aliphatic carbocycles. The van der Waals surface area contributed by atoms with Gasteiger partial charge < -0.3 is 4.74 Å². The molecule has 74 valence electrons. The first-order valence-electron chi connectivity index (χ1n) is 4.77. The monoisotopic (exact) mass is 188 g/mol. The van der Waals surface area contributed by atoms with Gasteiger partial charge in [-0.2, -0.15) is 0 Å². The Labute approximate surface area is 85.7 Å². The van der Waals surface area contributed by atoms with Crippen molar-refractivity contribution in [3.8, 4) is 0 Å². The van der Waals surface area contributed by atoms with Gasteiger partial charge in [0.15, 0.2) is 0 Å². The Hall–Kier alpha value is -1.50. The van der Waals surface area contributed by atoms with Gasteiger partial charge in [0.2, 0.25) is 0 Å². The maximum atomic E-state index is 5.19. The van der Waals surface area contributed by atoms with Gasteiger partial charge in [-0.15, -0.1) is 0 Å². The third-order valence-corrected chi connectivity index (χ3v) is 1.95. The molecule has 1 aromatic rings. The predicted molar refractivity (Wildman–Crippen MR) is 60.1 cm³/mol. The summed E-state index contributed by atoms with van der Waals surface area (Å²) < 4.78 is 5.19. The zero-order chi connectivity index (χ0) is 10.2. The van der Waals surface area contributed by atoms with Crippen LogP contribution in [0.5, 0.6) is 0 Å². The highest BCUT2D eigenvalue weighted by atomic mass is 16.5. The summed E-state index contributed by atoms with van der Waals surface area (Å²) in [4.78, 5) is 0. The predicted octanol–water partition coefficient (Wildman–Crippen LogP) is 3.34. The molecule has 1 rings (SSSR count). The van der Waals surface area contributed by atoms with Crippen molar-refractivity contribution < 1.29 is 4.74 Å². The Morgan fingerprint density at radius 3 is 2.57 bits per heavy atom. The van der Waals surface area contributed by atoms with E-state index in [1.807, 2.05) is 37.3 Å². The number of rotatable bonds is 4. The highest BCUT2D eigenvalue weighted by Crippen LogP contribution is 2.04. The van der Waals surface area contributed by atoms with Gasteiger partial charge in [0.05, 0.1) is 7.11 Å². The van der Waals surface area contributed by atoms with Gasteiger partial charge in [0, 0.05) is 0 Å².